The molecule has 0 amide bonds. The lowest BCUT2D eigenvalue weighted by atomic mass is 9.79. The smallest absolute Gasteiger partial charge is 0.160 e. The van der Waals surface area contributed by atoms with Gasteiger partial charge in [-0.3, -0.25) is 0 Å². The maximum Gasteiger partial charge on any atom is 0.160 e. The van der Waals surface area contributed by atoms with E-state index in [2.05, 4.69) is 35.4 Å². The number of ether oxygens (including phenoxy) is 1. The Morgan fingerprint density at radius 1 is 1.30 bits per heavy atom. The first-order chi connectivity index (χ1) is 9.83. The van der Waals surface area contributed by atoms with Gasteiger partial charge in [-0.15, -0.1) is 6.58 Å². The number of fused-ring (bicyclic) bond motifs is 1. The first kappa shape index (κ1) is 13.4. The van der Waals surface area contributed by atoms with Crippen molar-refractivity contribution in [2.45, 2.75) is 38.0 Å². The van der Waals surface area contributed by atoms with Gasteiger partial charge in [-0.25, -0.2) is 4.58 Å². The maximum absolute atomic E-state index is 5.36. The Balaban J connectivity index is 2.01. The highest BCUT2D eigenvalue weighted by Gasteiger charge is 2.32. The topological polar surface area (TPSA) is 12.2 Å². The van der Waals surface area contributed by atoms with Gasteiger partial charge in [0.15, 0.2) is 5.71 Å². The molecule has 0 N–H and O–H groups in total. The first-order valence-electron chi connectivity index (χ1n) is 7.72. The lowest BCUT2D eigenvalue weighted by molar-refractivity contribution is -0.509. The molecular weight excluding hydrogens is 246 g/mol. The summed E-state index contributed by atoms with van der Waals surface area (Å²) in [5.74, 6) is 1.51. The molecule has 0 spiro atoms. The molecule has 1 heterocycles. The van der Waals surface area contributed by atoms with Crippen molar-refractivity contribution in [3.63, 3.8) is 0 Å². The van der Waals surface area contributed by atoms with E-state index >= 15 is 0 Å². The third-order valence-electron chi connectivity index (χ3n) is 4.69. The second-order valence-corrected chi connectivity index (χ2v) is 5.83. The van der Waals surface area contributed by atoms with Crippen LogP contribution in [0.4, 0.5) is 0 Å². The van der Waals surface area contributed by atoms with Crippen molar-refractivity contribution in [3.8, 4) is 5.75 Å². The Morgan fingerprint density at radius 2 is 2.10 bits per heavy atom. The average molecular weight is 270 g/mol. The van der Waals surface area contributed by atoms with E-state index in [9.17, 15) is 0 Å². The van der Waals surface area contributed by atoms with Gasteiger partial charge in [0.25, 0.3) is 0 Å². The number of methoxy groups -OCH3 is 1. The van der Waals surface area contributed by atoms with Gasteiger partial charge in [0.2, 0.25) is 0 Å². The molecule has 1 fully saturated rings. The minimum atomic E-state index is 0.528. The number of aryl methyl sites for hydroxylation is 1. The zero-order valence-corrected chi connectivity index (χ0v) is 12.4. The highest BCUT2D eigenvalue weighted by Crippen LogP contribution is 2.35. The molecule has 1 atom stereocenters. The molecule has 0 saturated carbocycles. The fourth-order valence-corrected chi connectivity index (χ4v) is 3.69. The normalized spacial score (nSPS) is 21.8. The molecule has 2 heteroatoms. The van der Waals surface area contributed by atoms with Gasteiger partial charge in [-0.05, 0) is 36.1 Å². The van der Waals surface area contributed by atoms with E-state index in [0.29, 0.717) is 5.92 Å². The summed E-state index contributed by atoms with van der Waals surface area (Å²) in [7, 11) is 1.74. The Kier molecular flexibility index (Phi) is 3.90. The van der Waals surface area contributed by atoms with Crippen LogP contribution in [0, 0.1) is 0 Å². The molecule has 2 aliphatic rings. The molecule has 20 heavy (non-hydrogen) atoms. The number of hydrogen-bond acceptors (Lipinski definition) is 1. The molecule has 2 nitrogen and oxygen atoms in total. The van der Waals surface area contributed by atoms with Gasteiger partial charge >= 0.3 is 0 Å². The van der Waals surface area contributed by atoms with Crippen molar-refractivity contribution in [1.82, 2.24) is 0 Å². The van der Waals surface area contributed by atoms with Gasteiger partial charge in [-0.1, -0.05) is 12.1 Å². The third kappa shape index (κ3) is 2.39. The zero-order chi connectivity index (χ0) is 13.9. The van der Waals surface area contributed by atoms with Crippen LogP contribution >= 0.6 is 0 Å². The number of allylic oxidation sites excluding steroid dienone is 1. The molecule has 0 bridgehead atoms. The predicted molar refractivity (Wildman–Crippen MR) is 83.1 cm³/mol. The summed E-state index contributed by atoms with van der Waals surface area (Å²) in [6.45, 7) is 6.45. The van der Waals surface area contributed by atoms with Gasteiger partial charge < -0.3 is 4.74 Å². The van der Waals surface area contributed by atoms with Crippen LogP contribution in [-0.4, -0.2) is 30.5 Å². The van der Waals surface area contributed by atoms with E-state index in [1.54, 1.807) is 12.8 Å². The fourth-order valence-electron chi connectivity index (χ4n) is 3.69. The second-order valence-electron chi connectivity index (χ2n) is 5.83. The Bertz CT molecular complexity index is 536. The zero-order valence-electron chi connectivity index (χ0n) is 12.4. The number of benzene rings is 1. The molecule has 3 rings (SSSR count). The lowest BCUT2D eigenvalue weighted by Gasteiger charge is -2.25. The van der Waals surface area contributed by atoms with Gasteiger partial charge in [-0.2, -0.15) is 0 Å². The summed E-state index contributed by atoms with van der Waals surface area (Å²) in [6, 6.07) is 6.57. The lowest BCUT2D eigenvalue weighted by Crippen LogP contribution is -2.29. The van der Waals surface area contributed by atoms with Crippen LogP contribution in [0.5, 0.6) is 5.75 Å². The maximum atomic E-state index is 5.36. The Labute approximate surface area is 121 Å². The third-order valence-corrected chi connectivity index (χ3v) is 4.69. The largest absolute Gasteiger partial charge is 0.497 e. The minimum absolute atomic E-state index is 0.528. The van der Waals surface area contributed by atoms with E-state index in [1.807, 2.05) is 0 Å². The SMILES string of the molecule is C=CCC1C(=[N+]2CCCC2)CCc2cc(OC)ccc21. The van der Waals surface area contributed by atoms with Crippen molar-refractivity contribution in [3.05, 3.63) is 42.0 Å². The molecule has 106 valence electrons. The molecule has 0 aromatic heterocycles. The first-order valence-corrected chi connectivity index (χ1v) is 7.72. The summed E-state index contributed by atoms with van der Waals surface area (Å²) in [5.41, 5.74) is 4.58. The molecule has 1 aliphatic carbocycles. The monoisotopic (exact) mass is 270 g/mol. The molecule has 1 aromatic rings. The summed E-state index contributed by atoms with van der Waals surface area (Å²) in [6.07, 6.45) is 8.15. The van der Waals surface area contributed by atoms with E-state index in [-0.39, 0.29) is 0 Å². The molecule has 0 radical (unpaired) electrons. The van der Waals surface area contributed by atoms with Gasteiger partial charge in [0, 0.05) is 19.3 Å². The standard InChI is InChI=1S/C18H24NO/c1-3-6-17-16-9-8-15(20-2)13-14(16)7-10-18(17)19-11-4-5-12-19/h3,8-9,13,17H,1,4-7,10-12H2,2H3/q+1. The van der Waals surface area contributed by atoms with Crippen LogP contribution < -0.4 is 4.74 Å². The van der Waals surface area contributed by atoms with Crippen LogP contribution in [0.1, 0.15) is 42.7 Å². The Hall–Kier alpha value is -1.57. The molecule has 1 unspecified atom stereocenters. The van der Waals surface area contributed by atoms with Gasteiger partial charge in [0.05, 0.1) is 13.0 Å². The van der Waals surface area contributed by atoms with Crippen molar-refractivity contribution in [2.75, 3.05) is 20.2 Å². The predicted octanol–water partition coefficient (Wildman–Crippen LogP) is 3.55. The highest BCUT2D eigenvalue weighted by atomic mass is 16.5. The van der Waals surface area contributed by atoms with Crippen LogP contribution in [-0.2, 0) is 6.42 Å². The molecule has 1 saturated heterocycles. The molecule has 1 aliphatic heterocycles. The second kappa shape index (κ2) is 5.82. The van der Waals surface area contributed by atoms with E-state index in [0.717, 1.165) is 18.6 Å². The summed E-state index contributed by atoms with van der Waals surface area (Å²) < 4.78 is 7.99. The van der Waals surface area contributed by atoms with Crippen molar-refractivity contribution in [1.29, 1.82) is 0 Å². The number of rotatable bonds is 3. The number of hydrogen-bond donors (Lipinski definition) is 0. The van der Waals surface area contributed by atoms with Crippen molar-refractivity contribution < 1.29 is 9.31 Å². The quantitative estimate of drug-likeness (QED) is 0.604. The summed E-state index contributed by atoms with van der Waals surface area (Å²) >= 11 is 0. The van der Waals surface area contributed by atoms with E-state index < -0.39 is 0 Å². The highest BCUT2D eigenvalue weighted by molar-refractivity contribution is 5.89. The van der Waals surface area contributed by atoms with Crippen LogP contribution in [0.3, 0.4) is 0 Å². The summed E-state index contributed by atoms with van der Waals surface area (Å²) in [5, 5.41) is 0. The average Bonchev–Trinajstić information content (AvgIpc) is 3.01. The van der Waals surface area contributed by atoms with E-state index in [4.69, 9.17) is 4.74 Å². The van der Waals surface area contributed by atoms with Gasteiger partial charge in [0.1, 0.15) is 18.8 Å². The van der Waals surface area contributed by atoms with Crippen LogP contribution in [0.2, 0.25) is 0 Å². The van der Waals surface area contributed by atoms with Crippen LogP contribution in [0.15, 0.2) is 30.9 Å². The van der Waals surface area contributed by atoms with Crippen molar-refractivity contribution >= 4 is 5.71 Å². The van der Waals surface area contributed by atoms with Crippen LogP contribution in [0.25, 0.3) is 0 Å². The van der Waals surface area contributed by atoms with E-state index in [1.165, 1.54) is 43.5 Å². The Morgan fingerprint density at radius 3 is 2.80 bits per heavy atom. The molecular formula is C18H24NO+. The number of nitrogens with zero attached hydrogens (tertiary/aromatic N) is 1. The summed E-state index contributed by atoms with van der Waals surface area (Å²) in [4.78, 5) is 0. The van der Waals surface area contributed by atoms with Crippen molar-refractivity contribution in [2.24, 2.45) is 0 Å². The fraction of sp³-hybridized carbons (Fsp3) is 0.500. The minimum Gasteiger partial charge on any atom is -0.497 e. The molecule has 1 aromatic carbocycles.